The number of carboxylic acids is 1. The third-order valence-electron chi connectivity index (χ3n) is 6.51. The van der Waals surface area contributed by atoms with Gasteiger partial charge in [0.1, 0.15) is 17.1 Å². The van der Waals surface area contributed by atoms with Crippen molar-refractivity contribution in [3.63, 3.8) is 0 Å². The molecule has 2 heterocycles. The summed E-state index contributed by atoms with van der Waals surface area (Å²) in [4.78, 5) is 23.1. The second-order valence-electron chi connectivity index (χ2n) is 9.68. The molecule has 1 saturated carbocycles. The van der Waals surface area contributed by atoms with Crippen LogP contribution in [0.2, 0.25) is 0 Å². The van der Waals surface area contributed by atoms with Crippen LogP contribution in [0.4, 0.5) is 29.2 Å². The molecule has 1 aliphatic rings. The molecule has 0 amide bonds. The van der Waals surface area contributed by atoms with Gasteiger partial charge >= 0.3 is 12.1 Å². The van der Waals surface area contributed by atoms with Gasteiger partial charge in [-0.3, -0.25) is 9.78 Å². The number of aliphatic hydroxyl groups is 1. The zero-order valence-electron chi connectivity index (χ0n) is 19.5. The first kappa shape index (κ1) is 25.5. The fraction of sp³-hybridized carbons (Fsp3) is 0.360. The topological polar surface area (TPSA) is 108 Å². The molecule has 0 unspecified atom stereocenters. The van der Waals surface area contributed by atoms with Gasteiger partial charge in [-0.2, -0.15) is 13.2 Å². The fourth-order valence-corrected chi connectivity index (χ4v) is 4.79. The highest BCUT2D eigenvalue weighted by molar-refractivity contribution is 5.71. The second-order valence-corrected chi connectivity index (χ2v) is 9.68. The van der Waals surface area contributed by atoms with Crippen molar-refractivity contribution in [3.8, 4) is 11.1 Å². The van der Waals surface area contributed by atoms with Crippen LogP contribution < -0.4 is 5.32 Å². The fourth-order valence-electron chi connectivity index (χ4n) is 4.79. The Hall–Kier alpha value is -3.60. The van der Waals surface area contributed by atoms with Crippen LogP contribution in [-0.2, 0) is 16.6 Å². The minimum Gasteiger partial charge on any atom is -0.481 e. The quantitative estimate of drug-likeness (QED) is 0.392. The molecule has 1 fully saturated rings. The van der Waals surface area contributed by atoms with Gasteiger partial charge in [-0.25, -0.2) is 14.4 Å². The molecular formula is C25H24F4N4O3. The van der Waals surface area contributed by atoms with Gasteiger partial charge in [0.05, 0.1) is 11.6 Å². The number of hydrogen-bond donors (Lipinski definition) is 3. The first-order valence-electron chi connectivity index (χ1n) is 11.2. The summed E-state index contributed by atoms with van der Waals surface area (Å²) < 4.78 is 53.1. The standard InChI is InChI=1S/C25H24F4N4O3/c1-23(2)13-24(36,7-5-18(23)21(34)35)19-4-3-14(12-31-19)15-9-16(26)11-17(10-15)32-22-30-8-6-20(33-22)25(27,28)29/h3-4,6,8-12,18,36H,5,7,13H2,1-2H3,(H,34,35)(H,30,32,33)/t18-,24-/m0/s1. The highest BCUT2D eigenvalue weighted by atomic mass is 19.4. The average molecular weight is 504 g/mol. The van der Waals surface area contributed by atoms with Crippen LogP contribution in [0.1, 0.15) is 44.5 Å². The van der Waals surface area contributed by atoms with Crippen molar-refractivity contribution in [3.05, 3.63) is 66.0 Å². The largest absolute Gasteiger partial charge is 0.481 e. The summed E-state index contributed by atoms with van der Waals surface area (Å²) in [5.41, 5.74) is -1.65. The lowest BCUT2D eigenvalue weighted by Crippen LogP contribution is -2.45. The number of benzene rings is 1. The van der Waals surface area contributed by atoms with Crippen molar-refractivity contribution in [2.45, 2.75) is 44.9 Å². The number of pyridine rings is 1. The Labute approximate surface area is 204 Å². The number of nitrogens with zero attached hydrogens (tertiary/aromatic N) is 3. The molecular weight excluding hydrogens is 480 g/mol. The summed E-state index contributed by atoms with van der Waals surface area (Å²) >= 11 is 0. The highest BCUT2D eigenvalue weighted by Gasteiger charge is 2.48. The van der Waals surface area contributed by atoms with Gasteiger partial charge in [0.15, 0.2) is 0 Å². The average Bonchev–Trinajstić information content (AvgIpc) is 2.77. The molecule has 3 N–H and O–H groups in total. The Morgan fingerprint density at radius 2 is 1.86 bits per heavy atom. The number of rotatable bonds is 5. The summed E-state index contributed by atoms with van der Waals surface area (Å²) in [6.07, 6.45) is -1.47. The van der Waals surface area contributed by atoms with Crippen LogP contribution >= 0.6 is 0 Å². The van der Waals surface area contributed by atoms with Crippen LogP contribution in [-0.4, -0.2) is 31.1 Å². The number of halogens is 4. The molecule has 1 aromatic carbocycles. The molecule has 4 rings (SSSR count). The van der Waals surface area contributed by atoms with Crippen molar-refractivity contribution in [2.75, 3.05) is 5.32 Å². The zero-order valence-corrected chi connectivity index (χ0v) is 19.5. The van der Waals surface area contributed by atoms with Gasteiger partial charge in [0.2, 0.25) is 5.95 Å². The van der Waals surface area contributed by atoms with E-state index >= 15 is 0 Å². The highest BCUT2D eigenvalue weighted by Crippen LogP contribution is 2.49. The summed E-state index contributed by atoms with van der Waals surface area (Å²) in [5.74, 6) is -2.44. The zero-order chi connectivity index (χ0) is 26.3. The van der Waals surface area contributed by atoms with E-state index in [1.165, 1.54) is 18.3 Å². The van der Waals surface area contributed by atoms with Gasteiger partial charge < -0.3 is 15.5 Å². The normalized spacial score (nSPS) is 21.7. The van der Waals surface area contributed by atoms with E-state index in [1.54, 1.807) is 26.0 Å². The maximum atomic E-state index is 14.3. The number of carboxylic acid groups (broad SMARTS) is 1. The lowest BCUT2D eigenvalue weighted by molar-refractivity contribution is -0.154. The molecule has 1 aliphatic carbocycles. The number of hydrogen-bond acceptors (Lipinski definition) is 6. The molecule has 2 atom stereocenters. The van der Waals surface area contributed by atoms with Crippen molar-refractivity contribution in [1.29, 1.82) is 0 Å². The van der Waals surface area contributed by atoms with E-state index in [-0.39, 0.29) is 24.5 Å². The third kappa shape index (κ3) is 5.30. The van der Waals surface area contributed by atoms with Crippen LogP contribution in [0.15, 0.2) is 48.8 Å². The molecule has 190 valence electrons. The second kappa shape index (κ2) is 9.12. The number of carbonyl (C=O) groups is 1. The predicted octanol–water partition coefficient (Wildman–Crippen LogP) is 5.54. The van der Waals surface area contributed by atoms with E-state index in [4.69, 9.17) is 0 Å². The number of aromatic nitrogens is 3. The van der Waals surface area contributed by atoms with E-state index in [0.29, 0.717) is 23.2 Å². The van der Waals surface area contributed by atoms with Crippen molar-refractivity contribution in [1.82, 2.24) is 15.0 Å². The Morgan fingerprint density at radius 3 is 2.47 bits per heavy atom. The molecule has 11 heteroatoms. The predicted molar refractivity (Wildman–Crippen MR) is 123 cm³/mol. The van der Waals surface area contributed by atoms with E-state index < -0.39 is 40.6 Å². The van der Waals surface area contributed by atoms with Crippen molar-refractivity contribution >= 4 is 17.6 Å². The molecule has 0 aliphatic heterocycles. The van der Waals surface area contributed by atoms with Crippen molar-refractivity contribution in [2.24, 2.45) is 11.3 Å². The van der Waals surface area contributed by atoms with Gasteiger partial charge in [0.25, 0.3) is 0 Å². The van der Waals surface area contributed by atoms with Gasteiger partial charge in [-0.1, -0.05) is 19.9 Å². The minimum atomic E-state index is -4.65. The lowest BCUT2D eigenvalue weighted by Gasteiger charge is -2.44. The van der Waals surface area contributed by atoms with Crippen LogP contribution in [0.25, 0.3) is 11.1 Å². The van der Waals surface area contributed by atoms with E-state index in [2.05, 4.69) is 20.3 Å². The molecule has 36 heavy (non-hydrogen) atoms. The summed E-state index contributed by atoms with van der Waals surface area (Å²) in [5, 5.41) is 23.3. The first-order chi connectivity index (χ1) is 16.8. The summed E-state index contributed by atoms with van der Waals surface area (Å²) in [6.45, 7) is 3.61. The molecule has 3 aromatic rings. The number of nitrogens with one attached hydrogen (secondary N) is 1. The third-order valence-corrected chi connectivity index (χ3v) is 6.51. The van der Waals surface area contributed by atoms with E-state index in [1.807, 2.05) is 0 Å². The maximum Gasteiger partial charge on any atom is 0.433 e. The minimum absolute atomic E-state index is 0.140. The summed E-state index contributed by atoms with van der Waals surface area (Å²) in [6, 6.07) is 7.85. The molecule has 0 spiro atoms. The SMILES string of the molecule is CC1(C)C[C@](O)(c2ccc(-c3cc(F)cc(Nc4nccc(C(F)(F)F)n4)c3)cn2)CC[C@H]1C(=O)O. The van der Waals surface area contributed by atoms with Crippen LogP contribution in [0, 0.1) is 17.2 Å². The smallest absolute Gasteiger partial charge is 0.433 e. The molecule has 7 nitrogen and oxygen atoms in total. The number of aliphatic carboxylic acids is 1. The Bertz CT molecular complexity index is 1280. The Kier molecular flexibility index (Phi) is 6.46. The monoisotopic (exact) mass is 504 g/mol. The molecule has 2 aromatic heterocycles. The van der Waals surface area contributed by atoms with Gasteiger partial charge in [0, 0.05) is 23.6 Å². The van der Waals surface area contributed by atoms with Crippen LogP contribution in [0.5, 0.6) is 0 Å². The maximum absolute atomic E-state index is 14.3. The van der Waals surface area contributed by atoms with Gasteiger partial charge in [-0.05, 0) is 60.6 Å². The molecule has 0 bridgehead atoms. The summed E-state index contributed by atoms with van der Waals surface area (Å²) in [7, 11) is 0. The van der Waals surface area contributed by atoms with Gasteiger partial charge in [-0.15, -0.1) is 0 Å². The van der Waals surface area contributed by atoms with Crippen molar-refractivity contribution < 1.29 is 32.6 Å². The van der Waals surface area contributed by atoms with E-state index in [9.17, 15) is 32.6 Å². The van der Waals surface area contributed by atoms with Crippen LogP contribution in [0.3, 0.4) is 0 Å². The van der Waals surface area contributed by atoms with E-state index in [0.717, 1.165) is 18.3 Å². The molecule has 0 saturated heterocycles. The number of anilines is 2. The number of alkyl halides is 3. The Morgan fingerprint density at radius 1 is 1.11 bits per heavy atom. The lowest BCUT2D eigenvalue weighted by atomic mass is 9.62. The Balaban J connectivity index is 1.57. The first-order valence-corrected chi connectivity index (χ1v) is 11.2. The molecule has 0 radical (unpaired) electrons.